The predicted molar refractivity (Wildman–Crippen MR) is 81.2 cm³/mol. The van der Waals surface area contributed by atoms with Crippen LogP contribution >= 0.6 is 11.5 Å². The molecule has 3 rings (SSSR count). The number of aromatic nitrogens is 4. The number of sulfone groups is 1. The minimum atomic E-state index is -3.59. The lowest BCUT2D eigenvalue weighted by molar-refractivity contribution is 0.587. The second kappa shape index (κ2) is 5.08. The zero-order valence-corrected chi connectivity index (χ0v) is 13.1. The molecule has 7 nitrogen and oxygen atoms in total. The van der Waals surface area contributed by atoms with Crippen molar-refractivity contribution in [1.29, 1.82) is 0 Å². The number of anilines is 1. The van der Waals surface area contributed by atoms with E-state index in [1.54, 1.807) is 17.0 Å². The van der Waals surface area contributed by atoms with Crippen molar-refractivity contribution in [1.82, 2.24) is 19.3 Å². The van der Waals surface area contributed by atoms with Crippen LogP contribution in [0.2, 0.25) is 0 Å². The fourth-order valence-corrected chi connectivity index (χ4v) is 3.59. The molecule has 110 valence electrons. The second-order valence-corrected chi connectivity index (χ2v) is 7.34. The first-order chi connectivity index (χ1) is 9.95. The zero-order chi connectivity index (χ0) is 15.0. The summed E-state index contributed by atoms with van der Waals surface area (Å²) in [5.74, 6) is 0.0149. The van der Waals surface area contributed by atoms with E-state index in [1.807, 2.05) is 26.2 Å². The normalized spacial score (nSPS) is 11.9. The Morgan fingerprint density at radius 2 is 2.00 bits per heavy atom. The number of nitrogens with one attached hydrogen (secondary N) is 1. The Hall–Kier alpha value is -2.00. The van der Waals surface area contributed by atoms with Gasteiger partial charge in [0.05, 0.1) is 11.0 Å². The molecule has 9 heteroatoms. The van der Waals surface area contributed by atoms with Crippen LogP contribution in [0.5, 0.6) is 0 Å². The van der Waals surface area contributed by atoms with Crippen molar-refractivity contribution in [2.75, 3.05) is 19.0 Å². The monoisotopic (exact) mass is 323 g/mol. The third-order valence-electron chi connectivity index (χ3n) is 2.82. The standard InChI is InChI=1S/C12H13N5O2S2/c1-17(2)12-15-10(16-20-12)7-21(18,19)11-13-8-5-3-4-6-9(8)14-11/h3-6H,7H2,1-2H3,(H,13,14). The van der Waals surface area contributed by atoms with Gasteiger partial charge in [-0.2, -0.15) is 4.37 Å². The summed E-state index contributed by atoms with van der Waals surface area (Å²) in [6, 6.07) is 7.18. The molecular weight excluding hydrogens is 310 g/mol. The molecule has 0 atom stereocenters. The Morgan fingerprint density at radius 3 is 2.67 bits per heavy atom. The molecule has 2 aromatic heterocycles. The highest BCUT2D eigenvalue weighted by Crippen LogP contribution is 2.20. The van der Waals surface area contributed by atoms with Crippen molar-refractivity contribution in [2.24, 2.45) is 0 Å². The van der Waals surface area contributed by atoms with E-state index in [2.05, 4.69) is 19.3 Å². The highest BCUT2D eigenvalue weighted by Gasteiger charge is 2.22. The van der Waals surface area contributed by atoms with E-state index in [0.717, 1.165) is 0 Å². The van der Waals surface area contributed by atoms with Gasteiger partial charge in [-0.1, -0.05) is 12.1 Å². The van der Waals surface area contributed by atoms with Gasteiger partial charge in [0.15, 0.2) is 5.82 Å². The molecule has 0 unspecified atom stereocenters. The first-order valence-corrected chi connectivity index (χ1v) is 8.56. The van der Waals surface area contributed by atoms with E-state index in [0.29, 0.717) is 16.2 Å². The first-order valence-electron chi connectivity index (χ1n) is 6.13. The molecule has 1 N–H and O–H groups in total. The van der Waals surface area contributed by atoms with E-state index in [-0.39, 0.29) is 16.7 Å². The van der Waals surface area contributed by atoms with Crippen molar-refractivity contribution in [3.63, 3.8) is 0 Å². The lowest BCUT2D eigenvalue weighted by atomic mass is 10.3. The summed E-state index contributed by atoms with van der Waals surface area (Å²) < 4.78 is 28.8. The van der Waals surface area contributed by atoms with Gasteiger partial charge in [0.2, 0.25) is 20.1 Å². The van der Waals surface area contributed by atoms with Gasteiger partial charge >= 0.3 is 0 Å². The van der Waals surface area contributed by atoms with Crippen LogP contribution in [-0.2, 0) is 15.6 Å². The number of hydrogen-bond acceptors (Lipinski definition) is 7. The third-order valence-corrected chi connectivity index (χ3v) is 5.16. The molecule has 0 aliphatic heterocycles. The summed E-state index contributed by atoms with van der Waals surface area (Å²) in [5, 5.41) is 0.620. The number of hydrogen-bond donors (Lipinski definition) is 1. The van der Waals surface area contributed by atoms with Crippen LogP contribution in [0.25, 0.3) is 11.0 Å². The zero-order valence-electron chi connectivity index (χ0n) is 11.4. The number of rotatable bonds is 4. The molecule has 0 amide bonds. The predicted octanol–water partition coefficient (Wildman–Crippen LogP) is 1.45. The number of nitrogens with zero attached hydrogens (tertiary/aromatic N) is 4. The van der Waals surface area contributed by atoms with Gasteiger partial charge in [0, 0.05) is 25.6 Å². The molecule has 2 heterocycles. The summed E-state index contributed by atoms with van der Waals surface area (Å²) in [7, 11) is 0.0717. The fourth-order valence-electron chi connectivity index (χ4n) is 1.80. The van der Waals surface area contributed by atoms with Gasteiger partial charge in [-0.3, -0.25) is 0 Å². The maximum Gasteiger partial charge on any atom is 0.226 e. The number of H-pyrrole nitrogens is 1. The van der Waals surface area contributed by atoms with Gasteiger partial charge in [-0.25, -0.2) is 18.4 Å². The fraction of sp³-hybridized carbons (Fsp3) is 0.250. The minimum absolute atomic E-state index is 0.0510. The number of imidazole rings is 1. The molecule has 0 saturated heterocycles. The number of para-hydroxylation sites is 2. The summed E-state index contributed by atoms with van der Waals surface area (Å²) in [5.41, 5.74) is 1.31. The van der Waals surface area contributed by atoms with Crippen LogP contribution in [0.1, 0.15) is 5.82 Å². The van der Waals surface area contributed by atoms with Gasteiger partial charge in [-0.05, 0) is 12.1 Å². The van der Waals surface area contributed by atoms with Crippen molar-refractivity contribution in [3.05, 3.63) is 30.1 Å². The Morgan fingerprint density at radius 1 is 1.24 bits per heavy atom. The maximum atomic E-state index is 12.4. The van der Waals surface area contributed by atoms with E-state index in [9.17, 15) is 8.42 Å². The third kappa shape index (κ3) is 2.74. The molecule has 0 fully saturated rings. The van der Waals surface area contributed by atoms with E-state index in [1.165, 1.54) is 11.5 Å². The quantitative estimate of drug-likeness (QED) is 0.781. The molecule has 0 radical (unpaired) electrons. The summed E-state index contributed by atoms with van der Waals surface area (Å²) in [4.78, 5) is 12.9. The maximum absolute atomic E-state index is 12.4. The van der Waals surface area contributed by atoms with Crippen molar-refractivity contribution < 1.29 is 8.42 Å². The van der Waals surface area contributed by atoms with E-state index >= 15 is 0 Å². The molecular formula is C12H13N5O2S2. The van der Waals surface area contributed by atoms with Crippen LogP contribution < -0.4 is 4.90 Å². The Bertz CT molecular complexity index is 849. The SMILES string of the molecule is CN(C)c1nc(CS(=O)(=O)c2nc3ccccc3[nH]2)ns1. The van der Waals surface area contributed by atoms with Crippen molar-refractivity contribution in [2.45, 2.75) is 10.9 Å². The van der Waals surface area contributed by atoms with Gasteiger partial charge in [-0.15, -0.1) is 0 Å². The largest absolute Gasteiger partial charge is 0.353 e. The molecule has 0 aliphatic rings. The molecule has 3 aromatic rings. The minimum Gasteiger partial charge on any atom is -0.353 e. The summed E-state index contributed by atoms with van der Waals surface area (Å²) in [6.45, 7) is 0. The van der Waals surface area contributed by atoms with E-state index < -0.39 is 9.84 Å². The van der Waals surface area contributed by atoms with Crippen molar-refractivity contribution in [3.8, 4) is 0 Å². The van der Waals surface area contributed by atoms with Crippen LogP contribution in [0.3, 0.4) is 0 Å². The number of aromatic amines is 1. The number of fused-ring (bicyclic) bond motifs is 1. The molecule has 0 spiro atoms. The lowest BCUT2D eigenvalue weighted by Gasteiger charge is -2.04. The van der Waals surface area contributed by atoms with E-state index in [4.69, 9.17) is 0 Å². The Labute approximate surface area is 125 Å². The van der Waals surface area contributed by atoms with Crippen LogP contribution in [-0.4, -0.2) is 41.8 Å². The summed E-state index contributed by atoms with van der Waals surface area (Å²) in [6.07, 6.45) is 0. The first kappa shape index (κ1) is 14.0. The molecule has 21 heavy (non-hydrogen) atoms. The average Bonchev–Trinajstić information content (AvgIpc) is 3.04. The smallest absolute Gasteiger partial charge is 0.226 e. The van der Waals surface area contributed by atoms with Crippen LogP contribution in [0, 0.1) is 0 Å². The van der Waals surface area contributed by atoms with Gasteiger partial charge in [0.1, 0.15) is 5.75 Å². The Balaban J connectivity index is 1.92. The van der Waals surface area contributed by atoms with Crippen LogP contribution in [0.4, 0.5) is 5.13 Å². The molecule has 0 bridgehead atoms. The molecule has 0 saturated carbocycles. The highest BCUT2D eigenvalue weighted by molar-refractivity contribution is 7.90. The van der Waals surface area contributed by atoms with Gasteiger partial charge in [0.25, 0.3) is 0 Å². The Kier molecular flexibility index (Phi) is 3.38. The second-order valence-electron chi connectivity index (χ2n) is 4.71. The number of benzene rings is 1. The summed E-state index contributed by atoms with van der Waals surface area (Å²) >= 11 is 1.17. The van der Waals surface area contributed by atoms with Crippen LogP contribution in [0.15, 0.2) is 29.4 Å². The van der Waals surface area contributed by atoms with Crippen molar-refractivity contribution >= 4 is 37.5 Å². The topological polar surface area (TPSA) is 91.8 Å². The molecule has 1 aromatic carbocycles. The highest BCUT2D eigenvalue weighted by atomic mass is 32.2. The average molecular weight is 323 g/mol. The lowest BCUT2D eigenvalue weighted by Crippen LogP contribution is -2.10. The molecule has 0 aliphatic carbocycles. The van der Waals surface area contributed by atoms with Gasteiger partial charge < -0.3 is 9.88 Å².